The SMILES string of the molecule is c1ccc2c(c1)-c1cccc3c(-n4c5ccccc5c5c4ccc4c6ccc7ccccc7c6n(-c6ccc7ccccc7c6)c45)ccc-2c13. The summed E-state index contributed by atoms with van der Waals surface area (Å²) in [6.45, 7) is 0. The van der Waals surface area contributed by atoms with Crippen LogP contribution < -0.4 is 0 Å². The van der Waals surface area contributed by atoms with Gasteiger partial charge >= 0.3 is 0 Å². The van der Waals surface area contributed by atoms with Gasteiger partial charge in [0.15, 0.2) is 0 Å². The third-order valence-electron chi connectivity index (χ3n) is 11.2. The minimum atomic E-state index is 1.17. The van der Waals surface area contributed by atoms with Gasteiger partial charge in [-0.25, -0.2) is 0 Å². The van der Waals surface area contributed by atoms with Crippen molar-refractivity contribution < 1.29 is 0 Å². The average molecular weight is 633 g/mol. The summed E-state index contributed by atoms with van der Waals surface area (Å²) in [5, 5.41) is 12.7. The van der Waals surface area contributed by atoms with E-state index in [1.165, 1.54) is 110 Å². The van der Waals surface area contributed by atoms with Gasteiger partial charge in [0, 0.05) is 38.0 Å². The second-order valence-electron chi connectivity index (χ2n) is 13.7. The van der Waals surface area contributed by atoms with E-state index in [4.69, 9.17) is 0 Å². The van der Waals surface area contributed by atoms with Crippen molar-refractivity contribution in [3.63, 3.8) is 0 Å². The molecule has 0 saturated heterocycles. The Bertz CT molecular complexity index is 3230. The van der Waals surface area contributed by atoms with Crippen LogP contribution in [0.1, 0.15) is 0 Å². The molecule has 0 amide bonds. The molecule has 0 aliphatic heterocycles. The Hall–Kier alpha value is -6.64. The van der Waals surface area contributed by atoms with Crippen molar-refractivity contribution in [3.05, 3.63) is 170 Å². The van der Waals surface area contributed by atoms with Crippen LogP contribution in [-0.2, 0) is 0 Å². The summed E-state index contributed by atoms with van der Waals surface area (Å²) in [5.74, 6) is 0. The molecule has 12 rings (SSSR count). The third-order valence-corrected chi connectivity index (χ3v) is 11.2. The first-order valence-corrected chi connectivity index (χ1v) is 17.4. The molecule has 9 aromatic carbocycles. The minimum Gasteiger partial charge on any atom is -0.309 e. The first-order valence-electron chi connectivity index (χ1n) is 17.4. The quantitative estimate of drug-likeness (QED) is 0.179. The van der Waals surface area contributed by atoms with Gasteiger partial charge in [-0.05, 0) is 74.1 Å². The lowest BCUT2D eigenvalue weighted by molar-refractivity contribution is 1.19. The van der Waals surface area contributed by atoms with Gasteiger partial charge in [0.1, 0.15) is 0 Å². The zero-order chi connectivity index (χ0) is 32.5. The van der Waals surface area contributed by atoms with Gasteiger partial charge in [-0.3, -0.25) is 0 Å². The number of rotatable bonds is 2. The van der Waals surface area contributed by atoms with Crippen molar-refractivity contribution in [2.75, 3.05) is 0 Å². The smallest absolute Gasteiger partial charge is 0.0641 e. The summed E-state index contributed by atoms with van der Waals surface area (Å²) < 4.78 is 5.05. The van der Waals surface area contributed by atoms with Crippen molar-refractivity contribution in [1.82, 2.24) is 9.13 Å². The largest absolute Gasteiger partial charge is 0.309 e. The maximum atomic E-state index is 2.54. The molecule has 2 nitrogen and oxygen atoms in total. The summed E-state index contributed by atoms with van der Waals surface area (Å²) in [6, 6.07) is 63.0. The van der Waals surface area contributed by atoms with E-state index in [2.05, 4.69) is 179 Å². The van der Waals surface area contributed by atoms with Crippen LogP contribution in [0, 0.1) is 0 Å². The van der Waals surface area contributed by atoms with Gasteiger partial charge in [-0.15, -0.1) is 0 Å². The highest BCUT2D eigenvalue weighted by molar-refractivity contribution is 6.29. The normalized spacial score (nSPS) is 12.4. The van der Waals surface area contributed by atoms with E-state index in [-0.39, 0.29) is 0 Å². The molecule has 0 atom stereocenters. The first kappa shape index (κ1) is 26.3. The van der Waals surface area contributed by atoms with Gasteiger partial charge in [-0.1, -0.05) is 140 Å². The van der Waals surface area contributed by atoms with E-state index in [0.29, 0.717) is 0 Å². The monoisotopic (exact) mass is 632 g/mol. The van der Waals surface area contributed by atoms with Crippen molar-refractivity contribution >= 4 is 75.9 Å². The van der Waals surface area contributed by atoms with Crippen LogP contribution in [0.5, 0.6) is 0 Å². The summed E-state index contributed by atoms with van der Waals surface area (Å²) in [5.41, 5.74) is 12.6. The molecule has 0 fully saturated rings. The standard InChI is InChI=1S/C48H28N2/c1-2-12-31-28-32(22-20-29(31)10-1)49-47-33-13-4-3-11-30(33)21-23-38(47)39-25-27-44-46(48(39)49)41-16-7-8-19-42(41)50(44)43-26-24-37-35-15-6-5-14-34(35)36-17-9-18-40(43)45(36)37/h1-28H. The predicted octanol–water partition coefficient (Wildman–Crippen LogP) is 13.0. The Morgan fingerprint density at radius 1 is 0.300 bits per heavy atom. The summed E-state index contributed by atoms with van der Waals surface area (Å²) in [6.07, 6.45) is 0. The van der Waals surface area contributed by atoms with Crippen molar-refractivity contribution in [2.24, 2.45) is 0 Å². The van der Waals surface area contributed by atoms with Crippen LogP contribution in [0.4, 0.5) is 0 Å². The number of fused-ring (bicyclic) bond motifs is 13. The molecule has 0 saturated carbocycles. The molecule has 0 spiro atoms. The summed E-state index contributed by atoms with van der Waals surface area (Å²) in [7, 11) is 0. The lowest BCUT2D eigenvalue weighted by Crippen LogP contribution is -1.97. The second kappa shape index (κ2) is 9.49. The minimum absolute atomic E-state index is 1.17. The molecule has 0 radical (unpaired) electrons. The van der Waals surface area contributed by atoms with Crippen molar-refractivity contribution in [1.29, 1.82) is 0 Å². The molecular formula is C48H28N2. The van der Waals surface area contributed by atoms with Crippen molar-refractivity contribution in [2.45, 2.75) is 0 Å². The molecule has 2 aromatic heterocycles. The van der Waals surface area contributed by atoms with Gasteiger partial charge in [0.25, 0.3) is 0 Å². The third kappa shape index (κ3) is 3.28. The maximum absolute atomic E-state index is 2.54. The topological polar surface area (TPSA) is 9.86 Å². The van der Waals surface area contributed by atoms with E-state index in [1.54, 1.807) is 0 Å². The molecule has 1 aliphatic rings. The molecule has 11 aromatic rings. The number of hydrogen-bond donors (Lipinski definition) is 0. The summed E-state index contributed by atoms with van der Waals surface area (Å²) >= 11 is 0. The van der Waals surface area contributed by atoms with Crippen LogP contribution in [0.25, 0.3) is 110 Å². The van der Waals surface area contributed by atoms with E-state index in [1.807, 2.05) is 0 Å². The van der Waals surface area contributed by atoms with Gasteiger partial charge in [0.05, 0.1) is 27.8 Å². The lowest BCUT2D eigenvalue weighted by Gasteiger charge is -2.14. The Balaban J connectivity index is 1.27. The van der Waals surface area contributed by atoms with Crippen LogP contribution in [0.2, 0.25) is 0 Å². The fourth-order valence-corrected chi connectivity index (χ4v) is 9.14. The lowest BCUT2D eigenvalue weighted by atomic mass is 10.0. The molecule has 50 heavy (non-hydrogen) atoms. The average Bonchev–Trinajstić information content (AvgIpc) is 3.82. The van der Waals surface area contributed by atoms with E-state index in [9.17, 15) is 0 Å². The van der Waals surface area contributed by atoms with Gasteiger partial charge in [0.2, 0.25) is 0 Å². The number of nitrogens with zero attached hydrogens (tertiary/aromatic N) is 2. The highest BCUT2D eigenvalue weighted by Crippen LogP contribution is 2.50. The van der Waals surface area contributed by atoms with E-state index in [0.717, 1.165) is 0 Å². The van der Waals surface area contributed by atoms with E-state index >= 15 is 0 Å². The molecule has 0 unspecified atom stereocenters. The zero-order valence-electron chi connectivity index (χ0n) is 27.1. The highest BCUT2D eigenvalue weighted by Gasteiger charge is 2.25. The van der Waals surface area contributed by atoms with Crippen LogP contribution in [0.3, 0.4) is 0 Å². The van der Waals surface area contributed by atoms with Crippen LogP contribution in [-0.4, -0.2) is 9.13 Å². The molecule has 1 aliphatic carbocycles. The zero-order valence-corrected chi connectivity index (χ0v) is 27.1. The van der Waals surface area contributed by atoms with Crippen LogP contribution in [0.15, 0.2) is 170 Å². The predicted molar refractivity (Wildman–Crippen MR) is 212 cm³/mol. The molecule has 230 valence electrons. The molecular weight excluding hydrogens is 605 g/mol. The molecule has 0 N–H and O–H groups in total. The fourth-order valence-electron chi connectivity index (χ4n) is 9.14. The van der Waals surface area contributed by atoms with Crippen molar-refractivity contribution in [3.8, 4) is 33.6 Å². The maximum Gasteiger partial charge on any atom is 0.0641 e. The molecule has 0 bridgehead atoms. The van der Waals surface area contributed by atoms with Crippen LogP contribution >= 0.6 is 0 Å². The number of hydrogen-bond acceptors (Lipinski definition) is 0. The van der Waals surface area contributed by atoms with E-state index < -0.39 is 0 Å². The van der Waals surface area contributed by atoms with Gasteiger partial charge in [-0.2, -0.15) is 0 Å². The Morgan fingerprint density at radius 2 is 0.940 bits per heavy atom. The highest BCUT2D eigenvalue weighted by atomic mass is 15.0. The number of aromatic nitrogens is 2. The second-order valence-corrected chi connectivity index (χ2v) is 13.7. The molecule has 2 heterocycles. The Labute approximate surface area is 287 Å². The number of benzene rings is 9. The Morgan fingerprint density at radius 3 is 1.82 bits per heavy atom. The summed E-state index contributed by atoms with van der Waals surface area (Å²) in [4.78, 5) is 0. The Kier molecular flexibility index (Phi) is 5.00. The fraction of sp³-hybridized carbons (Fsp3) is 0. The number of para-hydroxylation sites is 1. The molecule has 2 heteroatoms. The van der Waals surface area contributed by atoms with Gasteiger partial charge < -0.3 is 9.13 Å². The first-order chi connectivity index (χ1) is 24.8.